The molecular formula is C10H7ClOS2. The first-order chi connectivity index (χ1) is 6.83. The molecule has 0 spiro atoms. The van der Waals surface area contributed by atoms with E-state index < -0.39 is 0 Å². The minimum Gasteiger partial charge on any atom is -0.287 e. The number of alkyl halides is 1. The van der Waals surface area contributed by atoms with E-state index in [2.05, 4.69) is 0 Å². The number of thiophene rings is 2. The van der Waals surface area contributed by atoms with Crippen molar-refractivity contribution in [3.63, 3.8) is 0 Å². The van der Waals surface area contributed by atoms with Gasteiger partial charge >= 0.3 is 0 Å². The van der Waals surface area contributed by atoms with Crippen molar-refractivity contribution in [2.75, 3.05) is 0 Å². The van der Waals surface area contributed by atoms with Gasteiger partial charge in [-0.05, 0) is 28.5 Å². The van der Waals surface area contributed by atoms with Crippen LogP contribution in [0, 0.1) is 0 Å². The van der Waals surface area contributed by atoms with Crippen LogP contribution in [-0.2, 0) is 5.88 Å². The quantitative estimate of drug-likeness (QED) is 0.591. The fourth-order valence-corrected chi connectivity index (χ4v) is 3.07. The molecule has 0 saturated carbocycles. The maximum Gasteiger partial charge on any atom is 0.213 e. The Morgan fingerprint density at radius 3 is 2.79 bits per heavy atom. The molecule has 1 nitrogen and oxygen atoms in total. The Bertz CT molecular complexity index is 431. The highest BCUT2D eigenvalue weighted by Gasteiger charge is 2.14. The Hall–Kier alpha value is -0.640. The van der Waals surface area contributed by atoms with Crippen LogP contribution >= 0.6 is 34.3 Å². The molecule has 0 saturated heterocycles. The minimum absolute atomic E-state index is 0.0886. The van der Waals surface area contributed by atoms with E-state index in [-0.39, 0.29) is 5.78 Å². The number of rotatable bonds is 3. The van der Waals surface area contributed by atoms with Crippen LogP contribution in [0.4, 0.5) is 0 Å². The number of hydrogen-bond acceptors (Lipinski definition) is 3. The van der Waals surface area contributed by atoms with Crippen molar-refractivity contribution in [1.82, 2.24) is 0 Å². The summed E-state index contributed by atoms with van der Waals surface area (Å²) >= 11 is 8.65. The second-order valence-electron chi connectivity index (χ2n) is 2.72. The zero-order valence-electron chi connectivity index (χ0n) is 7.20. The van der Waals surface area contributed by atoms with E-state index in [9.17, 15) is 4.79 Å². The van der Waals surface area contributed by atoms with Crippen molar-refractivity contribution in [3.05, 3.63) is 44.3 Å². The Kier molecular flexibility index (Phi) is 3.01. The van der Waals surface area contributed by atoms with E-state index >= 15 is 0 Å². The number of hydrogen-bond donors (Lipinski definition) is 0. The standard InChI is InChI=1S/C10H7ClOS2/c11-6-7-3-5-14-10(7)9(12)8-2-1-4-13-8/h1-5H,6H2. The van der Waals surface area contributed by atoms with Crippen molar-refractivity contribution in [2.45, 2.75) is 5.88 Å². The van der Waals surface area contributed by atoms with Crippen LogP contribution in [0.25, 0.3) is 0 Å². The molecule has 0 N–H and O–H groups in total. The fourth-order valence-electron chi connectivity index (χ4n) is 1.16. The molecule has 0 aliphatic rings. The van der Waals surface area contributed by atoms with Crippen LogP contribution in [0.5, 0.6) is 0 Å². The minimum atomic E-state index is 0.0886. The van der Waals surface area contributed by atoms with Crippen LogP contribution in [0.15, 0.2) is 29.0 Å². The summed E-state index contributed by atoms with van der Waals surface area (Å²) in [5.41, 5.74) is 0.926. The lowest BCUT2D eigenvalue weighted by Crippen LogP contribution is -1.97. The summed E-state index contributed by atoms with van der Waals surface area (Å²) in [6.45, 7) is 0. The lowest BCUT2D eigenvalue weighted by Gasteiger charge is -1.96. The van der Waals surface area contributed by atoms with Gasteiger partial charge in [0.2, 0.25) is 5.78 Å². The van der Waals surface area contributed by atoms with Crippen LogP contribution in [0.2, 0.25) is 0 Å². The molecule has 2 aromatic rings. The maximum atomic E-state index is 11.9. The molecule has 2 rings (SSSR count). The summed E-state index contributed by atoms with van der Waals surface area (Å²) in [6.07, 6.45) is 0. The van der Waals surface area contributed by atoms with E-state index in [4.69, 9.17) is 11.6 Å². The van der Waals surface area contributed by atoms with E-state index in [1.165, 1.54) is 22.7 Å². The molecule has 0 fully saturated rings. The zero-order valence-corrected chi connectivity index (χ0v) is 9.59. The predicted molar refractivity (Wildman–Crippen MR) is 61.6 cm³/mol. The van der Waals surface area contributed by atoms with Crippen molar-refractivity contribution in [2.24, 2.45) is 0 Å². The average Bonchev–Trinajstić information content (AvgIpc) is 2.87. The normalized spacial score (nSPS) is 10.4. The Balaban J connectivity index is 2.36. The number of carbonyl (C=O) groups excluding carboxylic acids is 1. The first-order valence-corrected chi connectivity index (χ1v) is 6.33. The molecule has 0 atom stereocenters. The zero-order chi connectivity index (χ0) is 9.97. The monoisotopic (exact) mass is 242 g/mol. The second-order valence-corrected chi connectivity index (χ2v) is 4.85. The topological polar surface area (TPSA) is 17.1 Å². The first kappa shape index (κ1) is 9.90. The summed E-state index contributed by atoms with van der Waals surface area (Å²) in [5, 5.41) is 3.81. The molecule has 4 heteroatoms. The van der Waals surface area contributed by atoms with Crippen molar-refractivity contribution >= 4 is 40.1 Å². The fraction of sp³-hybridized carbons (Fsp3) is 0.100. The summed E-state index contributed by atoms with van der Waals surface area (Å²) in [5.74, 6) is 0.487. The van der Waals surface area contributed by atoms with Gasteiger partial charge in [-0.15, -0.1) is 34.3 Å². The first-order valence-electron chi connectivity index (χ1n) is 4.03. The molecule has 0 radical (unpaired) electrons. The Labute approximate surface area is 95.0 Å². The summed E-state index contributed by atoms with van der Waals surface area (Å²) in [7, 11) is 0. The van der Waals surface area contributed by atoms with Gasteiger partial charge in [0.25, 0.3) is 0 Å². The third-order valence-electron chi connectivity index (χ3n) is 1.84. The molecule has 0 aromatic carbocycles. The van der Waals surface area contributed by atoms with Crippen molar-refractivity contribution in [1.29, 1.82) is 0 Å². The van der Waals surface area contributed by atoms with Crippen molar-refractivity contribution < 1.29 is 4.79 Å². The van der Waals surface area contributed by atoms with Gasteiger partial charge in [-0.2, -0.15) is 0 Å². The summed E-state index contributed by atoms with van der Waals surface area (Å²) < 4.78 is 0. The van der Waals surface area contributed by atoms with Crippen molar-refractivity contribution in [3.8, 4) is 0 Å². The summed E-state index contributed by atoms with van der Waals surface area (Å²) in [6, 6.07) is 5.62. The third kappa shape index (κ3) is 1.75. The molecule has 0 bridgehead atoms. The van der Waals surface area contributed by atoms with Gasteiger partial charge in [0.05, 0.1) is 9.75 Å². The lowest BCUT2D eigenvalue weighted by molar-refractivity contribution is 0.104. The largest absolute Gasteiger partial charge is 0.287 e. The molecule has 0 aliphatic heterocycles. The lowest BCUT2D eigenvalue weighted by atomic mass is 10.2. The third-order valence-corrected chi connectivity index (χ3v) is 3.95. The van der Waals surface area contributed by atoms with Crippen LogP contribution in [0.1, 0.15) is 20.1 Å². The number of halogens is 1. The predicted octanol–water partition coefficient (Wildman–Crippen LogP) is 3.78. The second kappa shape index (κ2) is 4.26. The van der Waals surface area contributed by atoms with Crippen LogP contribution < -0.4 is 0 Å². The van der Waals surface area contributed by atoms with E-state index in [1.54, 1.807) is 0 Å². The highest BCUT2D eigenvalue weighted by atomic mass is 35.5. The van der Waals surface area contributed by atoms with Gasteiger partial charge in [-0.3, -0.25) is 4.79 Å². The summed E-state index contributed by atoms with van der Waals surface area (Å²) in [4.78, 5) is 13.5. The average molecular weight is 243 g/mol. The van der Waals surface area contributed by atoms with E-state index in [0.29, 0.717) is 5.88 Å². The van der Waals surface area contributed by atoms with Crippen LogP contribution in [-0.4, -0.2) is 5.78 Å². The van der Waals surface area contributed by atoms with Crippen LogP contribution in [0.3, 0.4) is 0 Å². The van der Waals surface area contributed by atoms with Gasteiger partial charge in [0.15, 0.2) is 0 Å². The molecule has 14 heavy (non-hydrogen) atoms. The molecular weight excluding hydrogens is 236 g/mol. The van der Waals surface area contributed by atoms with Gasteiger partial charge < -0.3 is 0 Å². The molecule has 2 aromatic heterocycles. The smallest absolute Gasteiger partial charge is 0.213 e. The highest BCUT2D eigenvalue weighted by Crippen LogP contribution is 2.24. The number of ketones is 1. The van der Waals surface area contributed by atoms with Gasteiger partial charge in [-0.25, -0.2) is 0 Å². The molecule has 0 unspecified atom stereocenters. The van der Waals surface area contributed by atoms with Gasteiger partial charge in [0, 0.05) is 5.88 Å². The van der Waals surface area contributed by atoms with E-state index in [1.807, 2.05) is 29.0 Å². The van der Waals surface area contributed by atoms with E-state index in [0.717, 1.165) is 15.3 Å². The Morgan fingerprint density at radius 1 is 1.29 bits per heavy atom. The molecule has 72 valence electrons. The molecule has 0 aliphatic carbocycles. The SMILES string of the molecule is O=C(c1cccs1)c1sccc1CCl. The highest BCUT2D eigenvalue weighted by molar-refractivity contribution is 7.15. The maximum absolute atomic E-state index is 11.9. The Morgan fingerprint density at radius 2 is 2.14 bits per heavy atom. The molecule has 0 amide bonds. The molecule has 2 heterocycles. The van der Waals surface area contributed by atoms with Gasteiger partial charge in [-0.1, -0.05) is 6.07 Å². The number of carbonyl (C=O) groups is 1. The van der Waals surface area contributed by atoms with Gasteiger partial charge in [0.1, 0.15) is 0 Å².